The minimum absolute atomic E-state index is 0.805. The van der Waals surface area contributed by atoms with Crippen LogP contribution in [0.5, 0.6) is 0 Å². The quantitative estimate of drug-likeness (QED) is 0.456. The van der Waals surface area contributed by atoms with Crippen molar-refractivity contribution in [1.82, 2.24) is 9.71 Å². The van der Waals surface area contributed by atoms with Gasteiger partial charge in [-0.2, -0.15) is 0 Å². The van der Waals surface area contributed by atoms with E-state index >= 15 is 0 Å². The number of rotatable bonds is 4. The summed E-state index contributed by atoms with van der Waals surface area (Å²) in [5, 5.41) is 0. The van der Waals surface area contributed by atoms with Gasteiger partial charge >= 0.3 is 0 Å². The average Bonchev–Trinajstić information content (AvgIpc) is 2.35. The number of nitrogens with two attached hydrogens (primary N) is 1. The maximum Gasteiger partial charge on any atom is 0.293 e. The van der Waals surface area contributed by atoms with Gasteiger partial charge in [-0.3, -0.25) is 4.90 Å². The lowest BCUT2D eigenvalue weighted by molar-refractivity contribution is 0.183. The molecule has 1 fully saturated rings. The molecule has 0 aliphatic carbocycles. The molecule has 0 bridgehead atoms. The average molecular weight is 230 g/mol. The summed E-state index contributed by atoms with van der Waals surface area (Å²) in [5.41, 5.74) is 7.74. The fraction of sp³-hybridized carbons (Fsp3) is 0.417. The fourth-order valence-corrected chi connectivity index (χ4v) is 2.04. The lowest BCUT2D eigenvalue weighted by Crippen LogP contribution is -2.47. The van der Waals surface area contributed by atoms with Crippen molar-refractivity contribution in [2.75, 3.05) is 31.9 Å². The molecule has 89 valence electrons. The molecule has 4 nitrogen and oxygen atoms in total. The number of piperazine rings is 1. The van der Waals surface area contributed by atoms with Crippen molar-refractivity contribution < 1.29 is 4.79 Å². The molecular formula is C12H17BN3O. The van der Waals surface area contributed by atoms with Crippen molar-refractivity contribution >= 4 is 19.3 Å². The zero-order valence-corrected chi connectivity index (χ0v) is 9.88. The molecule has 5 heteroatoms. The summed E-state index contributed by atoms with van der Waals surface area (Å²) in [4.78, 5) is 14.8. The van der Waals surface area contributed by atoms with Gasteiger partial charge in [0, 0.05) is 38.4 Å². The molecule has 1 heterocycles. The van der Waals surface area contributed by atoms with Crippen molar-refractivity contribution in [3.63, 3.8) is 0 Å². The van der Waals surface area contributed by atoms with E-state index in [1.807, 2.05) is 12.1 Å². The Kier molecular flexibility index (Phi) is 4.17. The third kappa shape index (κ3) is 3.58. The Morgan fingerprint density at radius 2 is 1.82 bits per heavy atom. The molecule has 17 heavy (non-hydrogen) atoms. The molecule has 0 aromatic heterocycles. The Bertz CT molecular complexity index is 361. The Balaban J connectivity index is 1.81. The summed E-state index contributed by atoms with van der Waals surface area (Å²) in [6, 6.07) is 8.01. The summed E-state index contributed by atoms with van der Waals surface area (Å²) < 4.78 is 0. The highest BCUT2D eigenvalue weighted by atomic mass is 16.1. The van der Waals surface area contributed by atoms with E-state index in [9.17, 15) is 4.79 Å². The van der Waals surface area contributed by atoms with Crippen molar-refractivity contribution in [3.05, 3.63) is 29.8 Å². The molecule has 1 aliphatic heterocycles. The molecule has 2 N–H and O–H groups in total. The topological polar surface area (TPSA) is 49.6 Å². The zero-order chi connectivity index (χ0) is 12.1. The standard InChI is InChI=1S/C12H17BN3O/c14-12-3-1-11(2-4-12)9-15-5-7-16(8-6-15)13-10-17/h1-4,10H,5-9,14H2. The highest BCUT2D eigenvalue weighted by molar-refractivity contribution is 6.64. The Hall–Kier alpha value is -1.33. The molecular weight excluding hydrogens is 213 g/mol. The maximum atomic E-state index is 10.4. The second-order valence-corrected chi connectivity index (χ2v) is 4.34. The van der Waals surface area contributed by atoms with Crippen LogP contribution in [0.1, 0.15) is 5.56 Å². The first-order chi connectivity index (χ1) is 8.28. The van der Waals surface area contributed by atoms with Crippen molar-refractivity contribution in [2.24, 2.45) is 0 Å². The first kappa shape index (κ1) is 12.1. The molecule has 1 aromatic carbocycles. The largest absolute Gasteiger partial charge is 0.399 e. The van der Waals surface area contributed by atoms with Crippen LogP contribution in [-0.4, -0.2) is 49.5 Å². The number of hydrogen-bond donors (Lipinski definition) is 1. The zero-order valence-electron chi connectivity index (χ0n) is 9.88. The minimum atomic E-state index is 0.805. The monoisotopic (exact) mass is 230 g/mol. The SMILES string of the molecule is Nc1ccc(CN2CCN([B]C=O)CC2)cc1. The van der Waals surface area contributed by atoms with Crippen LogP contribution in [0.15, 0.2) is 24.3 Å². The lowest BCUT2D eigenvalue weighted by atomic mass is 9.93. The van der Waals surface area contributed by atoms with E-state index in [-0.39, 0.29) is 0 Å². The molecule has 1 aliphatic rings. The molecule has 0 spiro atoms. The molecule has 1 saturated heterocycles. The van der Waals surface area contributed by atoms with E-state index in [4.69, 9.17) is 5.73 Å². The predicted molar refractivity (Wildman–Crippen MR) is 70.2 cm³/mol. The van der Waals surface area contributed by atoms with Crippen LogP contribution in [0.25, 0.3) is 0 Å². The molecule has 0 unspecified atom stereocenters. The third-order valence-electron chi connectivity index (χ3n) is 3.06. The number of nitrogen functional groups attached to an aromatic ring is 1. The molecule has 0 atom stereocenters. The van der Waals surface area contributed by atoms with Crippen molar-refractivity contribution in [1.29, 1.82) is 0 Å². The normalized spacial score (nSPS) is 17.9. The number of carbonyl (C=O) groups is 1. The molecule has 0 saturated carbocycles. The van der Waals surface area contributed by atoms with E-state index in [1.165, 1.54) is 5.56 Å². The highest BCUT2D eigenvalue weighted by Crippen LogP contribution is 2.10. The summed E-state index contributed by atoms with van der Waals surface area (Å²) in [6.07, 6.45) is 0.857. The third-order valence-corrected chi connectivity index (χ3v) is 3.06. The number of carbonyl (C=O) groups excluding carboxylic acids is 1. The number of nitrogens with zero attached hydrogens (tertiary/aromatic N) is 2. The van der Waals surface area contributed by atoms with Crippen LogP contribution >= 0.6 is 0 Å². The first-order valence-electron chi connectivity index (χ1n) is 5.87. The first-order valence-corrected chi connectivity index (χ1v) is 5.87. The van der Waals surface area contributed by atoms with Crippen LogP contribution < -0.4 is 5.73 Å². The van der Waals surface area contributed by atoms with Gasteiger partial charge in [0.15, 0.2) is 0 Å². The number of anilines is 1. The van der Waals surface area contributed by atoms with Gasteiger partial charge in [0.2, 0.25) is 0 Å². The predicted octanol–water partition coefficient (Wildman–Crippen LogP) is 0.196. The minimum Gasteiger partial charge on any atom is -0.399 e. The van der Waals surface area contributed by atoms with Crippen LogP contribution in [-0.2, 0) is 11.3 Å². The van der Waals surface area contributed by atoms with Gasteiger partial charge in [0.25, 0.3) is 7.41 Å². The van der Waals surface area contributed by atoms with Gasteiger partial charge in [-0.25, -0.2) is 0 Å². The van der Waals surface area contributed by atoms with Gasteiger partial charge in [0.1, 0.15) is 0 Å². The van der Waals surface area contributed by atoms with Crippen LogP contribution in [0.3, 0.4) is 0 Å². The number of benzene rings is 1. The van der Waals surface area contributed by atoms with Gasteiger partial charge < -0.3 is 15.3 Å². The van der Waals surface area contributed by atoms with Crippen molar-refractivity contribution in [2.45, 2.75) is 6.54 Å². The number of hydrogen-bond acceptors (Lipinski definition) is 4. The molecule has 0 amide bonds. The summed E-state index contributed by atoms with van der Waals surface area (Å²) in [6.45, 7) is 4.79. The molecule has 2 rings (SSSR count). The van der Waals surface area contributed by atoms with Gasteiger partial charge in [-0.15, -0.1) is 0 Å². The summed E-state index contributed by atoms with van der Waals surface area (Å²) in [7, 11) is 1.63. The van der Waals surface area contributed by atoms with E-state index in [2.05, 4.69) is 21.8 Å². The summed E-state index contributed by atoms with van der Waals surface area (Å²) in [5.74, 6) is 0. The Morgan fingerprint density at radius 1 is 1.18 bits per heavy atom. The Morgan fingerprint density at radius 3 is 2.41 bits per heavy atom. The maximum absolute atomic E-state index is 10.4. The van der Waals surface area contributed by atoms with E-state index < -0.39 is 0 Å². The van der Waals surface area contributed by atoms with Crippen LogP contribution in [0.2, 0.25) is 0 Å². The van der Waals surface area contributed by atoms with E-state index in [0.29, 0.717) is 0 Å². The van der Waals surface area contributed by atoms with Crippen molar-refractivity contribution in [3.8, 4) is 0 Å². The molecule has 1 aromatic rings. The van der Waals surface area contributed by atoms with E-state index in [0.717, 1.165) is 44.6 Å². The Labute approximate surface area is 103 Å². The lowest BCUT2D eigenvalue weighted by Gasteiger charge is -2.33. The fourth-order valence-electron chi connectivity index (χ4n) is 2.04. The smallest absolute Gasteiger partial charge is 0.293 e. The second kappa shape index (κ2) is 5.84. The van der Waals surface area contributed by atoms with Gasteiger partial charge in [-0.05, 0) is 17.7 Å². The molecule has 1 radical (unpaired) electrons. The van der Waals surface area contributed by atoms with E-state index in [1.54, 1.807) is 7.41 Å². The van der Waals surface area contributed by atoms with Crippen LogP contribution in [0.4, 0.5) is 5.69 Å². The second-order valence-electron chi connectivity index (χ2n) is 4.34. The van der Waals surface area contributed by atoms with Crippen LogP contribution in [0, 0.1) is 0 Å². The summed E-state index contributed by atoms with van der Waals surface area (Å²) >= 11 is 0. The van der Waals surface area contributed by atoms with Gasteiger partial charge in [0.05, 0.1) is 6.19 Å². The highest BCUT2D eigenvalue weighted by Gasteiger charge is 2.16. The van der Waals surface area contributed by atoms with Gasteiger partial charge in [-0.1, -0.05) is 12.1 Å².